The molecule has 0 saturated carbocycles. The topological polar surface area (TPSA) is 50.4 Å². The van der Waals surface area contributed by atoms with Crippen LogP contribution in [-0.2, 0) is 5.75 Å². The molecule has 0 amide bonds. The van der Waals surface area contributed by atoms with E-state index >= 15 is 0 Å². The molecule has 1 unspecified atom stereocenters. The molecule has 1 N–H and O–H groups in total. The first-order valence-electron chi connectivity index (χ1n) is 5.74. The average Bonchev–Trinajstić information content (AvgIpc) is 2.40. The highest BCUT2D eigenvalue weighted by atomic mass is 32.2. The van der Waals surface area contributed by atoms with Gasteiger partial charge in [-0.3, -0.25) is 4.79 Å². The monoisotopic (exact) mass is 280 g/mol. The van der Waals surface area contributed by atoms with E-state index in [1.807, 2.05) is 6.92 Å². The van der Waals surface area contributed by atoms with Gasteiger partial charge in [-0.25, -0.2) is 4.39 Å². The quantitative estimate of drug-likeness (QED) is 0.931. The Morgan fingerprint density at radius 1 is 1.42 bits per heavy atom. The maximum Gasteiger partial charge on any atom is 0.226 e. The second-order valence-electron chi connectivity index (χ2n) is 4.07. The van der Waals surface area contributed by atoms with Gasteiger partial charge in [-0.05, 0) is 13.0 Å². The number of hydrogen-bond acceptors (Lipinski definition) is 4. The van der Waals surface area contributed by atoms with E-state index in [0.717, 1.165) is 6.26 Å². The van der Waals surface area contributed by atoms with Crippen LogP contribution in [-0.4, -0.2) is 5.11 Å². The zero-order chi connectivity index (χ0) is 13.8. The maximum atomic E-state index is 13.6. The van der Waals surface area contributed by atoms with Crippen LogP contribution in [0.25, 0.3) is 0 Å². The minimum Gasteiger partial charge on any atom is -0.502 e. The minimum absolute atomic E-state index is 0.0553. The van der Waals surface area contributed by atoms with Crippen LogP contribution < -0.4 is 5.43 Å². The van der Waals surface area contributed by atoms with Crippen LogP contribution in [0, 0.1) is 5.82 Å². The third-order valence-corrected chi connectivity index (χ3v) is 3.89. The summed E-state index contributed by atoms with van der Waals surface area (Å²) in [6, 6.07) is 7.84. The Hall–Kier alpha value is -1.75. The van der Waals surface area contributed by atoms with Crippen molar-refractivity contribution in [3.63, 3.8) is 0 Å². The van der Waals surface area contributed by atoms with Crippen molar-refractivity contribution in [3.05, 3.63) is 64.0 Å². The van der Waals surface area contributed by atoms with Crippen molar-refractivity contribution in [1.82, 2.24) is 0 Å². The van der Waals surface area contributed by atoms with Crippen LogP contribution in [0.2, 0.25) is 0 Å². The molecule has 1 heterocycles. The van der Waals surface area contributed by atoms with E-state index in [1.165, 1.54) is 23.9 Å². The second kappa shape index (κ2) is 5.93. The molecule has 2 rings (SSSR count). The summed E-state index contributed by atoms with van der Waals surface area (Å²) in [4.78, 5) is 11.2. The summed E-state index contributed by atoms with van der Waals surface area (Å²) >= 11 is 1.46. The van der Waals surface area contributed by atoms with Gasteiger partial charge in [0.2, 0.25) is 5.43 Å². The smallest absolute Gasteiger partial charge is 0.226 e. The van der Waals surface area contributed by atoms with Gasteiger partial charge in [-0.1, -0.05) is 18.2 Å². The molecule has 0 radical (unpaired) electrons. The summed E-state index contributed by atoms with van der Waals surface area (Å²) in [6.45, 7) is 1.89. The summed E-state index contributed by atoms with van der Waals surface area (Å²) < 4.78 is 18.7. The predicted molar refractivity (Wildman–Crippen MR) is 72.8 cm³/mol. The normalized spacial score (nSPS) is 12.3. The first kappa shape index (κ1) is 13.7. The van der Waals surface area contributed by atoms with E-state index in [-0.39, 0.29) is 11.1 Å². The van der Waals surface area contributed by atoms with Crippen molar-refractivity contribution < 1.29 is 13.9 Å². The molecule has 0 fully saturated rings. The van der Waals surface area contributed by atoms with Crippen LogP contribution in [0.4, 0.5) is 4.39 Å². The highest BCUT2D eigenvalue weighted by Gasteiger charge is 2.12. The Kier molecular flexibility index (Phi) is 4.27. The van der Waals surface area contributed by atoms with E-state index in [1.54, 1.807) is 18.2 Å². The molecule has 1 aromatic carbocycles. The molecule has 0 aliphatic heterocycles. The van der Waals surface area contributed by atoms with Crippen LogP contribution in [0.1, 0.15) is 23.5 Å². The molecule has 19 heavy (non-hydrogen) atoms. The fraction of sp³-hybridized carbons (Fsp3) is 0.214. The van der Waals surface area contributed by atoms with Gasteiger partial charge in [-0.2, -0.15) is 0 Å². The van der Waals surface area contributed by atoms with E-state index in [0.29, 0.717) is 17.1 Å². The van der Waals surface area contributed by atoms with E-state index in [2.05, 4.69) is 0 Å². The number of hydrogen-bond donors (Lipinski definition) is 1. The lowest BCUT2D eigenvalue weighted by atomic mass is 10.1. The molecule has 0 aliphatic carbocycles. The lowest BCUT2D eigenvalue weighted by Crippen LogP contribution is -2.00. The number of rotatable bonds is 4. The summed E-state index contributed by atoms with van der Waals surface area (Å²) in [5, 5.41) is 9.02. The van der Waals surface area contributed by atoms with Crippen molar-refractivity contribution in [2.45, 2.75) is 17.9 Å². The van der Waals surface area contributed by atoms with Crippen molar-refractivity contribution in [1.29, 1.82) is 0 Å². The van der Waals surface area contributed by atoms with E-state index < -0.39 is 11.2 Å². The Labute approximate surface area is 114 Å². The Bertz CT molecular complexity index is 624. The zero-order valence-corrected chi connectivity index (χ0v) is 11.1. The van der Waals surface area contributed by atoms with Crippen LogP contribution >= 0.6 is 11.8 Å². The Morgan fingerprint density at radius 2 is 2.16 bits per heavy atom. The number of aromatic hydroxyl groups is 1. The molecule has 0 bridgehead atoms. The molecule has 0 spiro atoms. The summed E-state index contributed by atoms with van der Waals surface area (Å²) in [5.41, 5.74) is 0.147. The second-order valence-corrected chi connectivity index (χ2v) is 5.40. The number of thioether (sulfide) groups is 1. The summed E-state index contributed by atoms with van der Waals surface area (Å²) in [5.74, 6) is 0.243. The SMILES string of the molecule is CC(SCc1cc(=O)c(O)co1)c1ccccc1F. The first-order valence-corrected chi connectivity index (χ1v) is 6.79. The van der Waals surface area contributed by atoms with Crippen LogP contribution in [0.15, 0.2) is 45.8 Å². The molecule has 1 atom stereocenters. The molecular weight excluding hydrogens is 267 g/mol. The zero-order valence-electron chi connectivity index (χ0n) is 10.3. The van der Waals surface area contributed by atoms with Crippen LogP contribution in [0.3, 0.4) is 0 Å². The maximum absolute atomic E-state index is 13.6. The van der Waals surface area contributed by atoms with Crippen molar-refractivity contribution >= 4 is 11.8 Å². The molecule has 1 aromatic heterocycles. The number of halogens is 1. The van der Waals surface area contributed by atoms with Crippen molar-refractivity contribution in [3.8, 4) is 5.75 Å². The van der Waals surface area contributed by atoms with E-state index in [9.17, 15) is 9.18 Å². The first-order chi connectivity index (χ1) is 9.08. The van der Waals surface area contributed by atoms with Crippen molar-refractivity contribution in [2.24, 2.45) is 0 Å². The lowest BCUT2D eigenvalue weighted by molar-refractivity contribution is 0.419. The van der Waals surface area contributed by atoms with Gasteiger partial charge in [0.25, 0.3) is 0 Å². The fourth-order valence-electron chi connectivity index (χ4n) is 1.62. The molecular formula is C14H13FO3S. The highest BCUT2D eigenvalue weighted by molar-refractivity contribution is 7.98. The summed E-state index contributed by atoms with van der Waals surface area (Å²) in [6.07, 6.45) is 1.02. The largest absolute Gasteiger partial charge is 0.502 e. The average molecular weight is 280 g/mol. The Morgan fingerprint density at radius 3 is 2.84 bits per heavy atom. The fourth-order valence-corrected chi connectivity index (χ4v) is 2.56. The van der Waals surface area contributed by atoms with Gasteiger partial charge >= 0.3 is 0 Å². The molecule has 5 heteroatoms. The van der Waals surface area contributed by atoms with Gasteiger partial charge < -0.3 is 9.52 Å². The Balaban J connectivity index is 2.04. The van der Waals surface area contributed by atoms with Crippen LogP contribution in [0.5, 0.6) is 5.75 Å². The third kappa shape index (κ3) is 3.38. The van der Waals surface area contributed by atoms with Gasteiger partial charge in [0.15, 0.2) is 5.75 Å². The molecule has 0 aliphatic rings. The highest BCUT2D eigenvalue weighted by Crippen LogP contribution is 2.32. The number of benzene rings is 1. The molecule has 100 valence electrons. The predicted octanol–water partition coefficient (Wildman–Crippen LogP) is 3.48. The molecule has 3 nitrogen and oxygen atoms in total. The van der Waals surface area contributed by atoms with E-state index in [4.69, 9.17) is 9.52 Å². The molecule has 0 saturated heterocycles. The third-order valence-electron chi connectivity index (χ3n) is 2.69. The summed E-state index contributed by atoms with van der Waals surface area (Å²) in [7, 11) is 0. The van der Waals surface area contributed by atoms with Crippen molar-refractivity contribution in [2.75, 3.05) is 0 Å². The van der Waals surface area contributed by atoms with Gasteiger partial charge in [-0.15, -0.1) is 11.8 Å². The molecule has 2 aromatic rings. The van der Waals surface area contributed by atoms with Gasteiger partial charge in [0.05, 0.1) is 5.75 Å². The van der Waals surface area contributed by atoms with Gasteiger partial charge in [0.1, 0.15) is 17.8 Å². The van der Waals surface area contributed by atoms with Gasteiger partial charge in [0, 0.05) is 16.9 Å². The lowest BCUT2D eigenvalue weighted by Gasteiger charge is -2.11. The minimum atomic E-state index is -0.472. The standard InChI is InChI=1S/C14H13FO3S/c1-9(11-4-2-3-5-12(11)15)19-8-10-6-13(16)14(17)7-18-10/h2-7,9,17H,8H2,1H3.